The van der Waals surface area contributed by atoms with Crippen LogP contribution in [0.15, 0.2) is 30.9 Å². The number of aromatic amines is 1. The molecule has 1 amide bonds. The van der Waals surface area contributed by atoms with Crippen molar-refractivity contribution in [3.63, 3.8) is 0 Å². The van der Waals surface area contributed by atoms with Crippen LogP contribution in [-0.2, 0) is 23.1 Å². The number of carbonyl (C=O) groups is 1. The number of hydrogen-bond donors (Lipinski definition) is 4. The maximum Gasteiger partial charge on any atom is 0.404 e. The Hall–Kier alpha value is -4.14. The highest BCUT2D eigenvalue weighted by Gasteiger charge is 2.15. The molecule has 0 bridgehead atoms. The molecule has 0 radical (unpaired) electrons. The number of rotatable bonds is 11. The number of benzene rings is 1. The Labute approximate surface area is 225 Å². The Bertz CT molecular complexity index is 1600. The van der Waals surface area contributed by atoms with Crippen molar-refractivity contribution in [2.75, 3.05) is 37.0 Å². The number of anilines is 2. The molecule has 5 aromatic rings. The minimum atomic E-state index is -0.827. The predicted octanol–water partition coefficient (Wildman–Crippen LogP) is 2.87. The molecule has 0 spiro atoms. The zero-order valence-corrected chi connectivity index (χ0v) is 21.6. The van der Waals surface area contributed by atoms with Crippen molar-refractivity contribution in [3.05, 3.63) is 47.0 Å². The van der Waals surface area contributed by atoms with Gasteiger partial charge in [-0.3, -0.25) is 9.25 Å². The van der Waals surface area contributed by atoms with Crippen LogP contribution >= 0.6 is 23.2 Å². The number of amides is 1. The number of H-pyrrole nitrogens is 1. The molecule has 4 heterocycles. The molecule has 0 aliphatic heterocycles. The molecule has 0 saturated heterocycles. The minimum Gasteiger partial charge on any atom is -0.447 e. The predicted molar refractivity (Wildman–Crippen MR) is 142 cm³/mol. The van der Waals surface area contributed by atoms with Crippen LogP contribution in [-0.4, -0.2) is 71.7 Å². The van der Waals surface area contributed by atoms with Crippen molar-refractivity contribution < 1.29 is 14.3 Å². The van der Waals surface area contributed by atoms with Gasteiger partial charge < -0.3 is 30.8 Å². The van der Waals surface area contributed by atoms with Crippen LogP contribution in [0, 0.1) is 0 Å². The van der Waals surface area contributed by atoms with E-state index in [-0.39, 0.29) is 18.5 Å². The van der Waals surface area contributed by atoms with Crippen molar-refractivity contribution in [3.8, 4) is 5.69 Å². The summed E-state index contributed by atoms with van der Waals surface area (Å²) >= 11 is 12.6. The molecule has 0 fully saturated rings. The highest BCUT2D eigenvalue weighted by molar-refractivity contribution is 6.34. The van der Waals surface area contributed by atoms with Gasteiger partial charge >= 0.3 is 6.09 Å². The zero-order chi connectivity index (χ0) is 26.6. The summed E-state index contributed by atoms with van der Waals surface area (Å²) < 4.78 is 13.5. The Kier molecular flexibility index (Phi) is 7.44. The highest BCUT2D eigenvalue weighted by Crippen LogP contribution is 2.28. The maximum absolute atomic E-state index is 10.5. The zero-order valence-electron chi connectivity index (χ0n) is 20.1. The van der Waals surface area contributed by atoms with Crippen LogP contribution in [0.5, 0.6) is 0 Å². The second-order valence-electron chi connectivity index (χ2n) is 8.09. The number of hydrogen-bond acceptors (Lipinski definition) is 10. The molecule has 16 heteroatoms. The summed E-state index contributed by atoms with van der Waals surface area (Å²) in [5, 5.41) is 11.3. The summed E-state index contributed by atoms with van der Waals surface area (Å²) in [6.07, 6.45) is 4.38. The molecule has 14 nitrogen and oxygen atoms in total. The van der Waals surface area contributed by atoms with Gasteiger partial charge in [-0.2, -0.15) is 15.1 Å². The molecular weight excluding hydrogens is 537 g/mol. The van der Waals surface area contributed by atoms with Gasteiger partial charge in [0, 0.05) is 19.8 Å². The topological polar surface area (TPSA) is 176 Å². The van der Waals surface area contributed by atoms with Crippen LogP contribution in [0.3, 0.4) is 0 Å². The third kappa shape index (κ3) is 5.72. The Morgan fingerprint density at radius 3 is 2.82 bits per heavy atom. The summed E-state index contributed by atoms with van der Waals surface area (Å²) in [5.74, 6) is 1.14. The van der Waals surface area contributed by atoms with Crippen molar-refractivity contribution in [1.29, 1.82) is 0 Å². The van der Waals surface area contributed by atoms with E-state index in [2.05, 4.69) is 45.4 Å². The number of aromatic nitrogens is 8. The molecular formula is C22H23Cl2N11O3. The largest absolute Gasteiger partial charge is 0.447 e. The van der Waals surface area contributed by atoms with Crippen LogP contribution in [0.25, 0.3) is 27.9 Å². The van der Waals surface area contributed by atoms with Crippen molar-refractivity contribution >= 4 is 63.0 Å². The van der Waals surface area contributed by atoms with Crippen LogP contribution in [0.1, 0.15) is 5.82 Å². The maximum atomic E-state index is 10.5. The van der Waals surface area contributed by atoms with Crippen LogP contribution < -0.4 is 16.4 Å². The van der Waals surface area contributed by atoms with E-state index in [0.29, 0.717) is 53.0 Å². The second-order valence-corrected chi connectivity index (χ2v) is 8.84. The molecule has 1 aromatic carbocycles. The lowest BCUT2D eigenvalue weighted by molar-refractivity contribution is 0.0814. The van der Waals surface area contributed by atoms with Gasteiger partial charge in [0.2, 0.25) is 5.28 Å². The van der Waals surface area contributed by atoms with Gasteiger partial charge in [0.05, 0.1) is 53.4 Å². The first-order valence-electron chi connectivity index (χ1n) is 11.4. The summed E-state index contributed by atoms with van der Waals surface area (Å²) in [6, 6.07) is 3.65. The number of carbonyl (C=O) groups excluding carboxylic acids is 1. The molecule has 4 aromatic heterocycles. The summed E-state index contributed by atoms with van der Waals surface area (Å²) in [4.78, 5) is 31.6. The van der Waals surface area contributed by atoms with Crippen LogP contribution in [0.2, 0.25) is 10.3 Å². The number of imidazole rings is 2. The molecule has 198 valence electrons. The van der Waals surface area contributed by atoms with Gasteiger partial charge in [-0.05, 0) is 23.7 Å². The van der Waals surface area contributed by atoms with E-state index in [4.69, 9.17) is 33.7 Å². The first-order chi connectivity index (χ1) is 18.4. The SMILES string of the molecule is Cn1cc(-n2cnc3c(NCc4nc5cc(Cl)c(NCCOCCOC(N)=O)cc5[nH]4)nc(Cl)nc32)cn1. The lowest BCUT2D eigenvalue weighted by Gasteiger charge is -2.09. The number of halogens is 2. The number of nitrogens with one attached hydrogen (secondary N) is 3. The van der Waals surface area contributed by atoms with Crippen molar-refractivity contribution in [1.82, 2.24) is 39.3 Å². The number of fused-ring (bicyclic) bond motifs is 2. The van der Waals surface area contributed by atoms with Gasteiger partial charge in [-0.15, -0.1) is 0 Å². The lowest BCUT2D eigenvalue weighted by atomic mass is 10.2. The first kappa shape index (κ1) is 25.5. The molecule has 0 atom stereocenters. The van der Waals surface area contributed by atoms with E-state index in [0.717, 1.165) is 16.9 Å². The average Bonchev–Trinajstić information content (AvgIpc) is 3.59. The van der Waals surface area contributed by atoms with E-state index in [1.54, 1.807) is 27.8 Å². The second kappa shape index (κ2) is 11.1. The fourth-order valence-corrected chi connectivity index (χ4v) is 4.14. The Balaban J connectivity index is 1.25. The summed E-state index contributed by atoms with van der Waals surface area (Å²) in [6.45, 7) is 1.58. The molecule has 5 rings (SSSR count). The standard InChI is InChI=1S/C22H23Cl2N11O3/c1-34-10-12(8-29-34)35-11-28-18-19(32-21(24)33-20(18)35)27-9-17-30-15-6-13(23)14(7-16(15)31-17)26-2-3-37-4-5-38-22(25)36/h6-8,10-11,26H,2-5,9H2,1H3,(H2,25,36)(H,30,31)(H,27,32,33). The normalized spacial score (nSPS) is 11.3. The number of aryl methyl sites for hydroxylation is 1. The molecule has 5 N–H and O–H groups in total. The number of nitrogens with zero attached hydrogens (tertiary/aromatic N) is 7. The molecule has 0 unspecified atom stereocenters. The van der Waals surface area contributed by atoms with E-state index < -0.39 is 6.09 Å². The first-order valence-corrected chi connectivity index (χ1v) is 12.2. The lowest BCUT2D eigenvalue weighted by Crippen LogP contribution is -2.18. The van der Waals surface area contributed by atoms with Crippen LogP contribution in [0.4, 0.5) is 16.3 Å². The number of ether oxygens (including phenoxy) is 2. The monoisotopic (exact) mass is 559 g/mol. The highest BCUT2D eigenvalue weighted by atomic mass is 35.5. The summed E-state index contributed by atoms with van der Waals surface area (Å²) in [5.41, 5.74) is 9.06. The van der Waals surface area contributed by atoms with Gasteiger partial charge in [0.1, 0.15) is 18.8 Å². The fraction of sp³-hybridized carbons (Fsp3) is 0.273. The average molecular weight is 560 g/mol. The molecule has 0 aliphatic rings. The van der Waals surface area contributed by atoms with E-state index >= 15 is 0 Å². The number of primary amides is 1. The van der Waals surface area contributed by atoms with Crippen molar-refractivity contribution in [2.45, 2.75) is 6.54 Å². The van der Waals surface area contributed by atoms with Gasteiger partial charge in [0.25, 0.3) is 0 Å². The summed E-state index contributed by atoms with van der Waals surface area (Å²) in [7, 11) is 1.83. The van der Waals surface area contributed by atoms with Gasteiger partial charge in [-0.1, -0.05) is 11.6 Å². The van der Waals surface area contributed by atoms with Crippen molar-refractivity contribution in [2.24, 2.45) is 12.8 Å². The Morgan fingerprint density at radius 2 is 2.03 bits per heavy atom. The van der Waals surface area contributed by atoms with E-state index in [1.165, 1.54) is 0 Å². The van der Waals surface area contributed by atoms with E-state index in [9.17, 15) is 4.79 Å². The Morgan fingerprint density at radius 1 is 1.16 bits per heavy atom. The van der Waals surface area contributed by atoms with Gasteiger partial charge in [-0.25, -0.2) is 14.8 Å². The third-order valence-corrected chi connectivity index (χ3v) is 5.90. The smallest absolute Gasteiger partial charge is 0.404 e. The van der Waals surface area contributed by atoms with Gasteiger partial charge in [0.15, 0.2) is 17.0 Å². The molecule has 0 aliphatic carbocycles. The fourth-order valence-electron chi connectivity index (χ4n) is 3.75. The van der Waals surface area contributed by atoms with E-state index in [1.807, 2.05) is 19.3 Å². The quantitative estimate of drug-likeness (QED) is 0.139. The number of nitrogens with two attached hydrogens (primary N) is 1. The minimum absolute atomic E-state index is 0.0853. The third-order valence-electron chi connectivity index (χ3n) is 5.42. The molecule has 0 saturated carbocycles. The molecule has 38 heavy (non-hydrogen) atoms.